The zero-order valence-electron chi connectivity index (χ0n) is 17.3. The Morgan fingerprint density at radius 3 is 2.67 bits per heavy atom. The number of carbonyl (C=O) groups is 1. The largest absolute Gasteiger partial charge is 0.438 e. The van der Waals surface area contributed by atoms with Gasteiger partial charge in [-0.15, -0.1) is 11.3 Å². The highest BCUT2D eigenvalue weighted by Gasteiger charge is 2.33. The number of amides is 1. The van der Waals surface area contributed by atoms with Crippen LogP contribution in [0, 0.1) is 25.2 Å². The Bertz CT molecular complexity index is 1420. The maximum Gasteiger partial charge on any atom is 0.433 e. The molecule has 4 aromatic rings. The van der Waals surface area contributed by atoms with Crippen molar-refractivity contribution in [3.63, 3.8) is 0 Å². The normalized spacial score (nSPS) is 11.3. The van der Waals surface area contributed by atoms with E-state index in [1.807, 2.05) is 6.07 Å². The van der Waals surface area contributed by atoms with Crippen molar-refractivity contribution in [2.75, 3.05) is 5.32 Å². The standard InChI is InChI=1S/C23H15F3N4O2S/c1-12-10-15(32-21-14(11-27)4-3-9-28-21)5-7-17(12)29-20(31)19-13(2)16-6-8-18(23(24,25)26)30-22(16)33-19/h3-10H,1-2H3,(H,29,31). The third-order valence-electron chi connectivity index (χ3n) is 4.85. The number of ether oxygens (including phenoxy) is 1. The predicted octanol–water partition coefficient (Wildman–Crippen LogP) is 6.24. The minimum atomic E-state index is -4.56. The fraction of sp³-hybridized carbons (Fsp3) is 0.130. The number of alkyl halides is 3. The lowest BCUT2D eigenvalue weighted by molar-refractivity contribution is -0.140. The third kappa shape index (κ3) is 4.49. The maximum absolute atomic E-state index is 13.0. The van der Waals surface area contributed by atoms with E-state index in [-0.39, 0.29) is 21.2 Å². The van der Waals surface area contributed by atoms with E-state index in [0.717, 1.165) is 17.4 Å². The van der Waals surface area contributed by atoms with Crippen LogP contribution in [0.3, 0.4) is 0 Å². The van der Waals surface area contributed by atoms with Crippen molar-refractivity contribution in [2.45, 2.75) is 20.0 Å². The molecule has 0 aliphatic rings. The monoisotopic (exact) mass is 468 g/mol. The number of carbonyl (C=O) groups excluding carboxylic acids is 1. The molecule has 0 saturated heterocycles. The van der Waals surface area contributed by atoms with Gasteiger partial charge in [-0.25, -0.2) is 9.97 Å². The van der Waals surface area contributed by atoms with Crippen LogP contribution in [0.4, 0.5) is 18.9 Å². The van der Waals surface area contributed by atoms with Gasteiger partial charge in [0.25, 0.3) is 5.91 Å². The number of aromatic nitrogens is 2. The lowest BCUT2D eigenvalue weighted by Crippen LogP contribution is -2.12. The Morgan fingerprint density at radius 1 is 1.18 bits per heavy atom. The van der Waals surface area contributed by atoms with Crippen LogP contribution >= 0.6 is 11.3 Å². The quantitative estimate of drug-likeness (QED) is 0.383. The number of rotatable bonds is 4. The predicted molar refractivity (Wildman–Crippen MR) is 118 cm³/mol. The Hall–Kier alpha value is -3.97. The van der Waals surface area contributed by atoms with Crippen LogP contribution in [-0.2, 0) is 6.18 Å². The molecule has 0 aliphatic heterocycles. The summed E-state index contributed by atoms with van der Waals surface area (Å²) in [5.74, 6) is 0.155. The highest BCUT2D eigenvalue weighted by atomic mass is 32.1. The number of nitriles is 1. The van der Waals surface area contributed by atoms with Crippen LogP contribution in [0.25, 0.3) is 10.2 Å². The minimum Gasteiger partial charge on any atom is -0.438 e. The SMILES string of the molecule is Cc1cc(Oc2ncccc2C#N)ccc1NC(=O)c1sc2nc(C(F)(F)F)ccc2c1C. The van der Waals surface area contributed by atoms with E-state index in [9.17, 15) is 18.0 Å². The van der Waals surface area contributed by atoms with Crippen molar-refractivity contribution in [1.82, 2.24) is 9.97 Å². The summed E-state index contributed by atoms with van der Waals surface area (Å²) in [6.45, 7) is 3.44. The number of hydrogen-bond donors (Lipinski definition) is 1. The molecule has 166 valence electrons. The van der Waals surface area contributed by atoms with E-state index >= 15 is 0 Å². The Balaban J connectivity index is 1.57. The molecule has 0 atom stereocenters. The number of nitrogens with zero attached hydrogens (tertiary/aromatic N) is 3. The van der Waals surface area contributed by atoms with Gasteiger partial charge in [-0.2, -0.15) is 18.4 Å². The van der Waals surface area contributed by atoms with Gasteiger partial charge in [0.1, 0.15) is 27.9 Å². The van der Waals surface area contributed by atoms with Crippen LogP contribution in [0.2, 0.25) is 0 Å². The van der Waals surface area contributed by atoms with E-state index in [1.54, 1.807) is 44.2 Å². The molecule has 10 heteroatoms. The molecule has 0 saturated carbocycles. The molecule has 33 heavy (non-hydrogen) atoms. The number of nitrogens with one attached hydrogen (secondary N) is 1. The molecule has 1 aromatic carbocycles. The molecule has 3 aromatic heterocycles. The third-order valence-corrected chi connectivity index (χ3v) is 6.05. The first-order chi connectivity index (χ1) is 15.7. The fourth-order valence-corrected chi connectivity index (χ4v) is 4.24. The average Bonchev–Trinajstić information content (AvgIpc) is 3.11. The first-order valence-electron chi connectivity index (χ1n) is 9.59. The van der Waals surface area contributed by atoms with Crippen molar-refractivity contribution in [3.8, 4) is 17.7 Å². The zero-order valence-corrected chi connectivity index (χ0v) is 18.1. The maximum atomic E-state index is 13.0. The number of hydrogen-bond acceptors (Lipinski definition) is 6. The second-order valence-electron chi connectivity index (χ2n) is 7.10. The molecule has 3 heterocycles. The first kappa shape index (κ1) is 22.2. The number of halogens is 3. The molecular formula is C23H15F3N4O2S. The van der Waals surface area contributed by atoms with Crippen LogP contribution in [0.1, 0.15) is 32.1 Å². The van der Waals surface area contributed by atoms with E-state index < -0.39 is 17.8 Å². The second kappa shape index (κ2) is 8.52. The van der Waals surface area contributed by atoms with Gasteiger partial charge in [0.2, 0.25) is 5.88 Å². The fourth-order valence-electron chi connectivity index (χ4n) is 3.16. The summed E-state index contributed by atoms with van der Waals surface area (Å²) in [7, 11) is 0. The van der Waals surface area contributed by atoms with Crippen LogP contribution in [0.5, 0.6) is 11.6 Å². The van der Waals surface area contributed by atoms with Crippen molar-refractivity contribution >= 4 is 33.1 Å². The lowest BCUT2D eigenvalue weighted by atomic mass is 10.1. The van der Waals surface area contributed by atoms with E-state index in [1.165, 1.54) is 12.3 Å². The molecule has 0 radical (unpaired) electrons. The van der Waals surface area contributed by atoms with Gasteiger partial charge in [0.15, 0.2) is 0 Å². The molecular weight excluding hydrogens is 453 g/mol. The Morgan fingerprint density at radius 2 is 1.97 bits per heavy atom. The molecule has 0 fully saturated rings. The minimum absolute atomic E-state index is 0.150. The van der Waals surface area contributed by atoms with Crippen LogP contribution in [-0.4, -0.2) is 15.9 Å². The van der Waals surface area contributed by atoms with Crippen molar-refractivity contribution in [1.29, 1.82) is 5.26 Å². The number of thiophene rings is 1. The van der Waals surface area contributed by atoms with Crippen molar-refractivity contribution in [2.24, 2.45) is 0 Å². The Labute approximate surface area is 190 Å². The summed E-state index contributed by atoms with van der Waals surface area (Å²) in [6.07, 6.45) is -3.05. The molecule has 0 aliphatic carbocycles. The first-order valence-corrected chi connectivity index (χ1v) is 10.4. The zero-order chi connectivity index (χ0) is 23.8. The topological polar surface area (TPSA) is 87.9 Å². The van der Waals surface area contributed by atoms with Crippen LogP contribution < -0.4 is 10.1 Å². The second-order valence-corrected chi connectivity index (χ2v) is 8.10. The summed E-state index contributed by atoms with van der Waals surface area (Å²) in [6, 6.07) is 12.4. The van der Waals surface area contributed by atoms with Gasteiger partial charge < -0.3 is 10.1 Å². The number of benzene rings is 1. The highest BCUT2D eigenvalue weighted by Crippen LogP contribution is 2.35. The molecule has 0 unspecified atom stereocenters. The molecule has 0 spiro atoms. The number of anilines is 1. The van der Waals surface area contributed by atoms with Crippen molar-refractivity contribution in [3.05, 3.63) is 75.9 Å². The number of pyridine rings is 2. The molecule has 0 bridgehead atoms. The van der Waals surface area contributed by atoms with Gasteiger partial charge in [0.05, 0.1) is 4.88 Å². The summed E-state index contributed by atoms with van der Waals surface area (Å²) >= 11 is 0.910. The molecule has 1 amide bonds. The van der Waals surface area contributed by atoms with Gasteiger partial charge in [-0.3, -0.25) is 4.79 Å². The summed E-state index contributed by atoms with van der Waals surface area (Å²) < 4.78 is 44.6. The molecule has 1 N–H and O–H groups in total. The van der Waals surface area contributed by atoms with Crippen LogP contribution in [0.15, 0.2) is 48.7 Å². The van der Waals surface area contributed by atoms with Crippen molar-refractivity contribution < 1.29 is 22.7 Å². The summed E-state index contributed by atoms with van der Waals surface area (Å²) in [5.41, 5.74) is 1.05. The number of fused-ring (bicyclic) bond motifs is 1. The van der Waals surface area contributed by atoms with Gasteiger partial charge in [-0.05, 0) is 67.4 Å². The average molecular weight is 468 g/mol. The summed E-state index contributed by atoms with van der Waals surface area (Å²) in [5, 5.41) is 12.4. The van der Waals surface area contributed by atoms with Gasteiger partial charge >= 0.3 is 6.18 Å². The summed E-state index contributed by atoms with van der Waals surface area (Å²) in [4.78, 5) is 21.0. The van der Waals surface area contributed by atoms with E-state index in [2.05, 4.69) is 15.3 Å². The van der Waals surface area contributed by atoms with Gasteiger partial charge in [0, 0.05) is 17.3 Å². The number of aryl methyl sites for hydroxylation is 2. The lowest BCUT2D eigenvalue weighted by Gasteiger charge is -2.11. The van der Waals surface area contributed by atoms with E-state index in [0.29, 0.717) is 28.0 Å². The Kier molecular flexibility index (Phi) is 5.74. The van der Waals surface area contributed by atoms with Gasteiger partial charge in [-0.1, -0.05) is 0 Å². The highest BCUT2D eigenvalue weighted by molar-refractivity contribution is 7.20. The smallest absolute Gasteiger partial charge is 0.433 e. The van der Waals surface area contributed by atoms with E-state index in [4.69, 9.17) is 10.00 Å². The molecule has 4 rings (SSSR count). The molecule has 6 nitrogen and oxygen atoms in total.